The molecular weight excluding hydrogens is 298 g/mol. The Morgan fingerprint density at radius 3 is 2.72 bits per heavy atom. The van der Waals surface area contributed by atoms with Gasteiger partial charge in [-0.2, -0.15) is 0 Å². The van der Waals surface area contributed by atoms with Gasteiger partial charge in [0.25, 0.3) is 5.56 Å². The Kier molecular flexibility index (Phi) is 3.52. The van der Waals surface area contributed by atoms with Crippen LogP contribution in [0.15, 0.2) is 33.5 Å². The maximum absolute atomic E-state index is 11.8. The minimum Gasteiger partial charge on any atom is -0.478 e. The van der Waals surface area contributed by atoms with Crippen molar-refractivity contribution in [2.24, 2.45) is 0 Å². The van der Waals surface area contributed by atoms with Gasteiger partial charge in [0.15, 0.2) is 0 Å². The molecule has 1 aromatic carbocycles. The maximum Gasteiger partial charge on any atom is 0.335 e. The van der Waals surface area contributed by atoms with Crippen LogP contribution in [0.1, 0.15) is 23.7 Å². The van der Waals surface area contributed by atoms with Gasteiger partial charge in [-0.15, -0.1) is 0 Å². The normalized spacial score (nSPS) is 10.8. The quantitative estimate of drug-likeness (QED) is 0.948. The van der Waals surface area contributed by atoms with Gasteiger partial charge in [-0.1, -0.05) is 6.92 Å². The number of fused-ring (bicyclic) bond motifs is 1. The molecule has 1 N–H and O–H groups in total. The Balaban J connectivity index is 2.82. The minimum absolute atomic E-state index is 0.0758. The van der Waals surface area contributed by atoms with E-state index in [1.54, 1.807) is 16.7 Å². The highest BCUT2D eigenvalue weighted by Crippen LogP contribution is 2.25. The third-order valence-corrected chi connectivity index (χ3v) is 3.33. The standard InChI is InChI=1S/C13H12BrNO3/c1-2-5-15-11(16)4-3-8-6-9(13(17)18)7-10(14)12(8)15/h3-4,6-7H,2,5H2,1H3,(H,17,18). The molecule has 0 fully saturated rings. The third-order valence-electron chi connectivity index (χ3n) is 2.73. The summed E-state index contributed by atoms with van der Waals surface area (Å²) >= 11 is 3.35. The van der Waals surface area contributed by atoms with Gasteiger partial charge in [0.05, 0.1) is 11.1 Å². The fourth-order valence-corrected chi connectivity index (χ4v) is 2.65. The molecule has 0 bridgehead atoms. The molecule has 0 amide bonds. The number of pyridine rings is 1. The largest absolute Gasteiger partial charge is 0.478 e. The zero-order valence-corrected chi connectivity index (χ0v) is 11.4. The number of carboxylic acids is 1. The van der Waals surface area contributed by atoms with E-state index in [2.05, 4.69) is 15.9 Å². The first-order valence-corrected chi connectivity index (χ1v) is 6.40. The van der Waals surface area contributed by atoms with Crippen LogP contribution in [0, 0.1) is 0 Å². The van der Waals surface area contributed by atoms with Gasteiger partial charge in [0, 0.05) is 22.5 Å². The van der Waals surface area contributed by atoms with Gasteiger partial charge in [0.2, 0.25) is 0 Å². The van der Waals surface area contributed by atoms with Crippen LogP contribution in [0.2, 0.25) is 0 Å². The number of rotatable bonds is 3. The van der Waals surface area contributed by atoms with Gasteiger partial charge in [-0.25, -0.2) is 4.79 Å². The maximum atomic E-state index is 11.8. The van der Waals surface area contributed by atoms with Crippen LogP contribution in [0.4, 0.5) is 0 Å². The molecule has 2 aromatic rings. The van der Waals surface area contributed by atoms with Crippen molar-refractivity contribution in [3.63, 3.8) is 0 Å². The fraction of sp³-hybridized carbons (Fsp3) is 0.231. The topological polar surface area (TPSA) is 59.3 Å². The lowest BCUT2D eigenvalue weighted by Gasteiger charge is -2.11. The summed E-state index contributed by atoms with van der Waals surface area (Å²) in [5.74, 6) is -0.981. The van der Waals surface area contributed by atoms with Crippen molar-refractivity contribution in [2.75, 3.05) is 0 Å². The molecule has 1 heterocycles. The second-order valence-electron chi connectivity index (χ2n) is 4.02. The molecule has 4 nitrogen and oxygen atoms in total. The smallest absolute Gasteiger partial charge is 0.335 e. The summed E-state index contributed by atoms with van der Waals surface area (Å²) in [5, 5.41) is 9.75. The SMILES string of the molecule is CCCn1c(=O)ccc2cc(C(=O)O)cc(Br)c21. The summed E-state index contributed by atoms with van der Waals surface area (Å²) in [5.41, 5.74) is 0.874. The van der Waals surface area contributed by atoms with Gasteiger partial charge >= 0.3 is 5.97 Å². The van der Waals surface area contributed by atoms with Crippen molar-refractivity contribution < 1.29 is 9.90 Å². The molecule has 5 heteroatoms. The molecule has 0 aliphatic rings. The second-order valence-corrected chi connectivity index (χ2v) is 4.88. The molecule has 0 atom stereocenters. The van der Waals surface area contributed by atoms with Crippen LogP contribution in [-0.2, 0) is 6.54 Å². The van der Waals surface area contributed by atoms with Crippen LogP contribution in [0.25, 0.3) is 10.9 Å². The summed E-state index contributed by atoms with van der Waals surface area (Å²) in [6.45, 7) is 2.60. The Morgan fingerprint density at radius 1 is 1.39 bits per heavy atom. The van der Waals surface area contributed by atoms with E-state index in [9.17, 15) is 9.59 Å². The predicted molar refractivity (Wildman–Crippen MR) is 73.2 cm³/mol. The number of halogens is 1. The summed E-state index contributed by atoms with van der Waals surface area (Å²) in [7, 11) is 0. The van der Waals surface area contributed by atoms with Gasteiger partial charge in [-0.05, 0) is 40.5 Å². The van der Waals surface area contributed by atoms with E-state index < -0.39 is 5.97 Å². The van der Waals surface area contributed by atoms with Crippen molar-refractivity contribution in [3.8, 4) is 0 Å². The summed E-state index contributed by atoms with van der Waals surface area (Å²) < 4.78 is 2.29. The number of hydrogen-bond donors (Lipinski definition) is 1. The van der Waals surface area contributed by atoms with Crippen LogP contribution in [-0.4, -0.2) is 15.6 Å². The van der Waals surface area contributed by atoms with Crippen molar-refractivity contribution in [3.05, 3.63) is 44.7 Å². The first-order valence-electron chi connectivity index (χ1n) is 5.61. The number of carbonyl (C=O) groups is 1. The molecule has 2 rings (SSSR count). The number of nitrogens with zero attached hydrogens (tertiary/aromatic N) is 1. The van der Waals surface area contributed by atoms with Crippen LogP contribution in [0.3, 0.4) is 0 Å². The lowest BCUT2D eigenvalue weighted by molar-refractivity contribution is 0.0697. The first-order chi connectivity index (χ1) is 8.54. The van der Waals surface area contributed by atoms with Crippen molar-refractivity contribution in [1.82, 2.24) is 4.57 Å². The number of aromatic nitrogens is 1. The molecule has 0 aliphatic carbocycles. The second kappa shape index (κ2) is 4.94. The lowest BCUT2D eigenvalue weighted by atomic mass is 10.1. The molecule has 0 aliphatic heterocycles. The van der Waals surface area contributed by atoms with Crippen LogP contribution >= 0.6 is 15.9 Å². The molecule has 94 valence electrons. The minimum atomic E-state index is -0.981. The molecular formula is C13H12BrNO3. The van der Waals surface area contributed by atoms with Gasteiger partial charge in [-0.3, -0.25) is 4.79 Å². The molecule has 1 aromatic heterocycles. The number of aromatic carboxylic acids is 1. The Hall–Kier alpha value is -1.62. The molecule has 0 spiro atoms. The number of carboxylic acid groups (broad SMARTS) is 1. The monoisotopic (exact) mass is 309 g/mol. The number of benzene rings is 1. The zero-order chi connectivity index (χ0) is 13.3. The molecule has 0 unspecified atom stereocenters. The lowest BCUT2D eigenvalue weighted by Crippen LogP contribution is -2.19. The van der Waals surface area contributed by atoms with E-state index in [-0.39, 0.29) is 11.1 Å². The Morgan fingerprint density at radius 2 is 2.11 bits per heavy atom. The Bertz CT molecular complexity index is 676. The molecule has 18 heavy (non-hydrogen) atoms. The average molecular weight is 310 g/mol. The first kappa shape index (κ1) is 12.8. The highest BCUT2D eigenvalue weighted by atomic mass is 79.9. The zero-order valence-electron chi connectivity index (χ0n) is 9.81. The molecule has 0 saturated carbocycles. The summed E-state index contributed by atoms with van der Waals surface area (Å²) in [4.78, 5) is 22.8. The van der Waals surface area contributed by atoms with Crippen molar-refractivity contribution in [1.29, 1.82) is 0 Å². The van der Waals surface area contributed by atoms with Gasteiger partial charge < -0.3 is 9.67 Å². The van der Waals surface area contributed by atoms with E-state index in [1.165, 1.54) is 12.1 Å². The predicted octanol–water partition coefficient (Wildman–Crippen LogP) is 2.87. The van der Waals surface area contributed by atoms with E-state index in [1.807, 2.05) is 6.92 Å². The van der Waals surface area contributed by atoms with E-state index >= 15 is 0 Å². The Labute approximate surface area is 112 Å². The van der Waals surface area contributed by atoms with E-state index in [0.29, 0.717) is 11.0 Å². The average Bonchev–Trinajstić information content (AvgIpc) is 2.32. The highest BCUT2D eigenvalue weighted by molar-refractivity contribution is 9.10. The van der Waals surface area contributed by atoms with E-state index in [0.717, 1.165) is 17.3 Å². The summed E-state index contributed by atoms with van der Waals surface area (Å²) in [6, 6.07) is 6.22. The van der Waals surface area contributed by atoms with Crippen molar-refractivity contribution in [2.45, 2.75) is 19.9 Å². The van der Waals surface area contributed by atoms with Crippen LogP contribution < -0.4 is 5.56 Å². The number of hydrogen-bond acceptors (Lipinski definition) is 2. The van der Waals surface area contributed by atoms with Gasteiger partial charge in [0.1, 0.15) is 0 Å². The highest BCUT2D eigenvalue weighted by Gasteiger charge is 2.11. The third kappa shape index (κ3) is 2.18. The fourth-order valence-electron chi connectivity index (χ4n) is 1.96. The van der Waals surface area contributed by atoms with Crippen molar-refractivity contribution >= 4 is 32.8 Å². The van der Waals surface area contributed by atoms with Crippen LogP contribution in [0.5, 0.6) is 0 Å². The van der Waals surface area contributed by atoms with E-state index in [4.69, 9.17) is 5.11 Å². The molecule has 0 radical (unpaired) electrons. The number of aryl methyl sites for hydroxylation is 1. The summed E-state index contributed by atoms with van der Waals surface area (Å²) in [6.07, 6.45) is 0.839. The molecule has 0 saturated heterocycles.